The Morgan fingerprint density at radius 3 is 1.57 bits per heavy atom. The first-order valence-corrected chi connectivity index (χ1v) is 6.41. The molecule has 0 aliphatic heterocycles. The van der Waals surface area contributed by atoms with E-state index in [1.807, 2.05) is 26.0 Å². The number of methoxy groups -OCH3 is 2. The quantitative estimate of drug-likeness (QED) is 0.756. The zero-order valence-electron chi connectivity index (χ0n) is 12.5. The van der Waals surface area contributed by atoms with Gasteiger partial charge in [-0.25, -0.2) is 9.97 Å². The molecule has 0 saturated carbocycles. The minimum absolute atomic E-state index is 0.0703. The fraction of sp³-hybridized carbons (Fsp3) is 0.286. The molecule has 21 heavy (non-hydrogen) atoms. The van der Waals surface area contributed by atoms with Crippen molar-refractivity contribution >= 4 is 7.69 Å². The van der Waals surface area contributed by atoms with Gasteiger partial charge in [0.25, 0.3) is 0 Å². The number of aryl methyl sites for hydroxylation is 2. The first-order chi connectivity index (χ1) is 10.1. The van der Waals surface area contributed by atoms with E-state index in [-0.39, 0.29) is 7.69 Å². The summed E-state index contributed by atoms with van der Waals surface area (Å²) >= 11 is 0. The molecule has 0 saturated heterocycles. The standard InChI is InChI=1S/C14H17BN2O4/c1-9-5-11(7-16-13(9)18-3)20-15-21-12-6-10(2)14(19-4)17-8-12/h5-8,15H,1-4H3. The minimum atomic E-state index is 0.0703. The predicted molar refractivity (Wildman–Crippen MR) is 79.5 cm³/mol. The molecular weight excluding hydrogens is 271 g/mol. The van der Waals surface area contributed by atoms with Gasteiger partial charge in [0, 0.05) is 11.1 Å². The summed E-state index contributed by atoms with van der Waals surface area (Å²) in [5, 5.41) is 0. The molecule has 0 radical (unpaired) electrons. The molecule has 110 valence electrons. The third-order valence-corrected chi connectivity index (χ3v) is 2.85. The predicted octanol–water partition coefficient (Wildman–Crippen LogP) is 1.83. The summed E-state index contributed by atoms with van der Waals surface area (Å²) in [7, 11) is 3.23. The molecule has 0 aliphatic carbocycles. The fourth-order valence-corrected chi connectivity index (χ4v) is 1.82. The van der Waals surface area contributed by atoms with Gasteiger partial charge in [-0.3, -0.25) is 0 Å². The van der Waals surface area contributed by atoms with E-state index >= 15 is 0 Å². The van der Waals surface area contributed by atoms with Crippen molar-refractivity contribution in [2.45, 2.75) is 13.8 Å². The van der Waals surface area contributed by atoms with Crippen LogP contribution in [0.15, 0.2) is 24.5 Å². The Bertz CT molecular complexity index is 568. The van der Waals surface area contributed by atoms with Gasteiger partial charge in [0.05, 0.1) is 26.6 Å². The number of hydrogen-bond acceptors (Lipinski definition) is 6. The van der Waals surface area contributed by atoms with Gasteiger partial charge < -0.3 is 18.8 Å². The SMILES string of the molecule is COc1ncc(OBOc2cnc(OC)c(C)c2)cc1C. The van der Waals surface area contributed by atoms with Crippen molar-refractivity contribution in [1.29, 1.82) is 0 Å². The summed E-state index contributed by atoms with van der Waals surface area (Å²) in [4.78, 5) is 8.26. The highest BCUT2D eigenvalue weighted by Gasteiger charge is 2.06. The van der Waals surface area contributed by atoms with Crippen LogP contribution in [-0.2, 0) is 0 Å². The van der Waals surface area contributed by atoms with E-state index in [9.17, 15) is 0 Å². The Balaban J connectivity index is 1.92. The second-order valence-electron chi connectivity index (χ2n) is 4.40. The molecule has 0 unspecified atom stereocenters. The van der Waals surface area contributed by atoms with Crippen molar-refractivity contribution in [2.24, 2.45) is 0 Å². The van der Waals surface area contributed by atoms with Gasteiger partial charge in [-0.2, -0.15) is 0 Å². The van der Waals surface area contributed by atoms with Crippen molar-refractivity contribution in [1.82, 2.24) is 9.97 Å². The van der Waals surface area contributed by atoms with Crippen LogP contribution in [0.1, 0.15) is 11.1 Å². The van der Waals surface area contributed by atoms with Gasteiger partial charge in [-0.1, -0.05) is 0 Å². The summed E-state index contributed by atoms with van der Waals surface area (Å²) < 4.78 is 21.2. The number of pyridine rings is 2. The summed E-state index contributed by atoms with van der Waals surface area (Å²) in [6.45, 7) is 3.80. The van der Waals surface area contributed by atoms with Gasteiger partial charge in [0.15, 0.2) is 0 Å². The van der Waals surface area contributed by atoms with Gasteiger partial charge >= 0.3 is 7.69 Å². The molecule has 2 aromatic rings. The average molecular weight is 288 g/mol. The minimum Gasteiger partial charge on any atom is -0.527 e. The molecule has 7 heteroatoms. The first kappa shape index (κ1) is 15.0. The van der Waals surface area contributed by atoms with E-state index in [2.05, 4.69) is 9.97 Å². The fourth-order valence-electron chi connectivity index (χ4n) is 1.82. The molecule has 0 atom stereocenters. The number of nitrogens with zero attached hydrogens (tertiary/aromatic N) is 2. The van der Waals surface area contributed by atoms with Crippen LogP contribution in [0.25, 0.3) is 0 Å². The molecule has 2 aromatic heterocycles. The van der Waals surface area contributed by atoms with E-state index < -0.39 is 0 Å². The highest BCUT2D eigenvalue weighted by molar-refractivity contribution is 6.20. The van der Waals surface area contributed by atoms with E-state index in [1.165, 1.54) is 0 Å². The summed E-state index contributed by atoms with van der Waals surface area (Å²) in [5.74, 6) is 2.40. The maximum atomic E-state index is 5.49. The number of ether oxygens (including phenoxy) is 2. The molecule has 2 heterocycles. The third-order valence-electron chi connectivity index (χ3n) is 2.85. The molecule has 0 spiro atoms. The molecule has 0 aliphatic rings. The topological polar surface area (TPSA) is 62.7 Å². The smallest absolute Gasteiger partial charge is 0.527 e. The summed E-state index contributed by atoms with van der Waals surface area (Å²) in [5.41, 5.74) is 1.80. The van der Waals surface area contributed by atoms with Crippen LogP contribution in [0.2, 0.25) is 0 Å². The Labute approximate surface area is 124 Å². The maximum absolute atomic E-state index is 5.49. The highest BCUT2D eigenvalue weighted by atomic mass is 16.6. The average Bonchev–Trinajstić information content (AvgIpc) is 2.48. The van der Waals surface area contributed by atoms with Gasteiger partial charge in [-0.15, -0.1) is 0 Å². The van der Waals surface area contributed by atoms with Crippen LogP contribution in [0.4, 0.5) is 0 Å². The summed E-state index contributed by atoms with van der Waals surface area (Å²) in [6, 6.07) is 3.68. The van der Waals surface area contributed by atoms with E-state index in [0.717, 1.165) is 11.1 Å². The lowest BCUT2D eigenvalue weighted by atomic mass is 10.2. The van der Waals surface area contributed by atoms with Crippen LogP contribution in [0.3, 0.4) is 0 Å². The number of rotatable bonds is 6. The molecule has 0 fully saturated rings. The van der Waals surface area contributed by atoms with Crippen LogP contribution in [0, 0.1) is 13.8 Å². The monoisotopic (exact) mass is 288 g/mol. The molecule has 0 bridgehead atoms. The first-order valence-electron chi connectivity index (χ1n) is 6.41. The van der Waals surface area contributed by atoms with Crippen LogP contribution in [-0.4, -0.2) is 31.9 Å². The van der Waals surface area contributed by atoms with Crippen molar-refractivity contribution in [2.75, 3.05) is 14.2 Å². The maximum Gasteiger partial charge on any atom is 0.576 e. The molecule has 6 nitrogen and oxygen atoms in total. The van der Waals surface area contributed by atoms with Gasteiger partial charge in [0.1, 0.15) is 11.5 Å². The molecule has 0 N–H and O–H groups in total. The molecule has 0 aromatic carbocycles. The highest BCUT2D eigenvalue weighted by Crippen LogP contribution is 2.21. The Morgan fingerprint density at radius 2 is 1.24 bits per heavy atom. The van der Waals surface area contributed by atoms with Gasteiger partial charge in [-0.05, 0) is 26.0 Å². The molecule has 2 rings (SSSR count). The summed E-state index contributed by atoms with van der Waals surface area (Å²) in [6.07, 6.45) is 3.18. The molecule has 0 amide bonds. The van der Waals surface area contributed by atoms with Crippen molar-refractivity contribution < 1.29 is 18.8 Å². The lowest BCUT2D eigenvalue weighted by Gasteiger charge is -2.10. The van der Waals surface area contributed by atoms with E-state index in [1.54, 1.807) is 26.6 Å². The second kappa shape index (κ2) is 6.83. The zero-order valence-corrected chi connectivity index (χ0v) is 12.5. The zero-order chi connectivity index (χ0) is 15.2. The number of hydrogen-bond donors (Lipinski definition) is 0. The van der Waals surface area contributed by atoms with E-state index in [4.69, 9.17) is 18.8 Å². The van der Waals surface area contributed by atoms with E-state index in [0.29, 0.717) is 23.3 Å². The van der Waals surface area contributed by atoms with Crippen LogP contribution in [0.5, 0.6) is 23.3 Å². The Morgan fingerprint density at radius 1 is 0.810 bits per heavy atom. The Hall–Kier alpha value is -2.44. The third kappa shape index (κ3) is 3.78. The number of aromatic nitrogens is 2. The van der Waals surface area contributed by atoms with Gasteiger partial charge in [0.2, 0.25) is 11.8 Å². The van der Waals surface area contributed by atoms with Crippen LogP contribution < -0.4 is 18.8 Å². The van der Waals surface area contributed by atoms with Crippen molar-refractivity contribution in [3.05, 3.63) is 35.7 Å². The van der Waals surface area contributed by atoms with Crippen LogP contribution >= 0.6 is 0 Å². The second-order valence-corrected chi connectivity index (χ2v) is 4.40. The largest absolute Gasteiger partial charge is 0.576 e. The Kier molecular flexibility index (Phi) is 4.87. The van der Waals surface area contributed by atoms with Crippen molar-refractivity contribution in [3.8, 4) is 23.3 Å². The lowest BCUT2D eigenvalue weighted by Crippen LogP contribution is -2.11. The normalized spacial score (nSPS) is 9.90. The van der Waals surface area contributed by atoms with Crippen molar-refractivity contribution in [3.63, 3.8) is 0 Å². The lowest BCUT2D eigenvalue weighted by molar-refractivity contribution is 0.390. The molecular formula is C14H17BN2O4.